The summed E-state index contributed by atoms with van der Waals surface area (Å²) in [5.74, 6) is -0.0106. The quantitative estimate of drug-likeness (QED) is 0.772. The van der Waals surface area contributed by atoms with E-state index in [1.165, 1.54) is 0 Å². The summed E-state index contributed by atoms with van der Waals surface area (Å²) in [6.45, 7) is 9.25. The Morgan fingerprint density at radius 2 is 1.66 bits per heavy atom. The molecule has 1 saturated heterocycles. The second-order valence-electron chi connectivity index (χ2n) is 8.21. The minimum absolute atomic E-state index is 0.0106. The van der Waals surface area contributed by atoms with Crippen molar-refractivity contribution in [3.8, 4) is 11.3 Å². The predicted octanol–water partition coefficient (Wildman–Crippen LogP) is 3.85. The van der Waals surface area contributed by atoms with Gasteiger partial charge in [-0.2, -0.15) is 0 Å². The van der Waals surface area contributed by atoms with Gasteiger partial charge in [-0.15, -0.1) is 0 Å². The first-order valence-electron chi connectivity index (χ1n) is 9.79. The van der Waals surface area contributed by atoms with Gasteiger partial charge >= 0.3 is 6.09 Å². The number of aromatic nitrogens is 2. The largest absolute Gasteiger partial charge is 0.444 e. The van der Waals surface area contributed by atoms with Crippen molar-refractivity contribution in [2.24, 2.45) is 0 Å². The van der Waals surface area contributed by atoms with Gasteiger partial charge in [0.25, 0.3) is 0 Å². The number of nitrogens with one attached hydrogen (secondary N) is 1. The van der Waals surface area contributed by atoms with E-state index in [9.17, 15) is 9.59 Å². The van der Waals surface area contributed by atoms with Crippen LogP contribution in [-0.2, 0) is 9.53 Å². The average molecular weight is 417 g/mol. The van der Waals surface area contributed by atoms with Crippen molar-refractivity contribution in [3.63, 3.8) is 0 Å². The fourth-order valence-corrected chi connectivity index (χ4v) is 3.60. The van der Waals surface area contributed by atoms with Gasteiger partial charge in [-0.3, -0.25) is 4.79 Å². The second kappa shape index (κ2) is 8.41. The molecule has 29 heavy (non-hydrogen) atoms. The monoisotopic (exact) mass is 416 g/mol. The standard InChI is InChI=1S/C21H28N4O3S/c1-15(25-14-17(22-19(25)29)16-8-6-5-7-9-16)18(26)23-10-12-24(13-11-23)20(27)28-21(2,3)4/h5-9,14-15H,10-13H2,1-4H3,(H,22,29). The van der Waals surface area contributed by atoms with Gasteiger partial charge in [0, 0.05) is 32.4 Å². The first-order valence-corrected chi connectivity index (χ1v) is 10.2. The molecular formula is C21H28N4O3S. The van der Waals surface area contributed by atoms with Crippen LogP contribution in [0.15, 0.2) is 36.5 Å². The molecule has 0 radical (unpaired) electrons. The number of aromatic amines is 1. The van der Waals surface area contributed by atoms with Gasteiger partial charge in [0.05, 0.1) is 5.69 Å². The summed E-state index contributed by atoms with van der Waals surface area (Å²) in [4.78, 5) is 31.8. The van der Waals surface area contributed by atoms with Crippen molar-refractivity contribution >= 4 is 24.2 Å². The van der Waals surface area contributed by atoms with Crippen LogP contribution in [0.3, 0.4) is 0 Å². The highest BCUT2D eigenvalue weighted by Gasteiger charge is 2.30. The molecule has 1 aromatic heterocycles. The number of hydrogen-bond acceptors (Lipinski definition) is 4. The molecule has 0 spiro atoms. The highest BCUT2D eigenvalue weighted by Crippen LogP contribution is 2.21. The molecule has 7 nitrogen and oxygen atoms in total. The number of benzene rings is 1. The Labute approximate surface area is 176 Å². The van der Waals surface area contributed by atoms with E-state index in [-0.39, 0.29) is 12.0 Å². The summed E-state index contributed by atoms with van der Waals surface area (Å²) in [7, 11) is 0. The predicted molar refractivity (Wildman–Crippen MR) is 114 cm³/mol. The van der Waals surface area contributed by atoms with Crippen LogP contribution in [0, 0.1) is 4.77 Å². The van der Waals surface area contributed by atoms with Crippen LogP contribution >= 0.6 is 12.2 Å². The molecule has 0 saturated carbocycles. The molecule has 2 aromatic rings. The van der Waals surface area contributed by atoms with Crippen molar-refractivity contribution in [2.75, 3.05) is 26.2 Å². The number of ether oxygens (including phenoxy) is 1. The molecule has 8 heteroatoms. The minimum Gasteiger partial charge on any atom is -0.444 e. The molecule has 1 aromatic carbocycles. The van der Waals surface area contributed by atoms with Crippen LogP contribution in [0.25, 0.3) is 11.3 Å². The zero-order valence-electron chi connectivity index (χ0n) is 17.3. The summed E-state index contributed by atoms with van der Waals surface area (Å²) in [5, 5.41) is 0. The van der Waals surface area contributed by atoms with Crippen LogP contribution in [0.4, 0.5) is 4.79 Å². The van der Waals surface area contributed by atoms with E-state index in [0.29, 0.717) is 31.0 Å². The Morgan fingerprint density at radius 1 is 1.07 bits per heavy atom. The lowest BCUT2D eigenvalue weighted by molar-refractivity contribution is -0.136. The van der Waals surface area contributed by atoms with Crippen molar-refractivity contribution < 1.29 is 14.3 Å². The van der Waals surface area contributed by atoms with E-state index < -0.39 is 11.6 Å². The van der Waals surface area contributed by atoms with Crippen molar-refractivity contribution in [2.45, 2.75) is 39.3 Å². The summed E-state index contributed by atoms with van der Waals surface area (Å²) in [6.07, 6.45) is 1.55. The third-order valence-corrected chi connectivity index (χ3v) is 5.16. The number of nitrogens with zero attached hydrogens (tertiary/aromatic N) is 3. The van der Waals surface area contributed by atoms with Crippen molar-refractivity contribution in [1.82, 2.24) is 19.4 Å². The van der Waals surface area contributed by atoms with Gasteiger partial charge < -0.3 is 24.1 Å². The summed E-state index contributed by atoms with van der Waals surface area (Å²) in [5.41, 5.74) is 1.37. The lowest BCUT2D eigenvalue weighted by Crippen LogP contribution is -2.52. The van der Waals surface area contributed by atoms with E-state index in [4.69, 9.17) is 17.0 Å². The number of carbonyl (C=O) groups is 2. The van der Waals surface area contributed by atoms with Gasteiger partial charge in [-0.1, -0.05) is 30.3 Å². The minimum atomic E-state index is -0.528. The van der Waals surface area contributed by atoms with Crippen LogP contribution in [0.1, 0.15) is 33.7 Å². The summed E-state index contributed by atoms with van der Waals surface area (Å²) >= 11 is 5.44. The molecule has 1 N–H and O–H groups in total. The molecular weight excluding hydrogens is 388 g/mol. The first kappa shape index (κ1) is 21.1. The van der Waals surface area contributed by atoms with Gasteiger partial charge in [-0.25, -0.2) is 4.79 Å². The number of carbonyl (C=O) groups excluding carboxylic acids is 2. The number of piperazine rings is 1. The van der Waals surface area contributed by atoms with Gasteiger partial charge in [0.15, 0.2) is 4.77 Å². The zero-order chi connectivity index (χ0) is 21.2. The van der Waals surface area contributed by atoms with Crippen LogP contribution < -0.4 is 0 Å². The van der Waals surface area contributed by atoms with E-state index in [0.717, 1.165) is 11.3 Å². The van der Waals surface area contributed by atoms with Crippen LogP contribution in [-0.4, -0.2) is 63.1 Å². The molecule has 1 fully saturated rings. The fourth-order valence-electron chi connectivity index (χ4n) is 3.28. The SMILES string of the molecule is CC(C(=O)N1CCN(C(=O)OC(C)(C)C)CC1)n1cc(-c2ccccc2)[nH]c1=S. The Morgan fingerprint density at radius 3 is 2.24 bits per heavy atom. The fraction of sp³-hybridized carbons (Fsp3) is 0.476. The maximum atomic E-state index is 13.0. The normalized spacial score (nSPS) is 15.9. The summed E-state index contributed by atoms with van der Waals surface area (Å²) in [6, 6.07) is 9.44. The third kappa shape index (κ3) is 5.06. The molecule has 156 valence electrons. The molecule has 2 heterocycles. The lowest BCUT2D eigenvalue weighted by Gasteiger charge is -2.36. The Bertz CT molecular complexity index is 921. The number of amides is 2. The van der Waals surface area contributed by atoms with E-state index in [1.807, 2.05) is 64.2 Å². The third-order valence-electron chi connectivity index (χ3n) is 4.85. The summed E-state index contributed by atoms with van der Waals surface area (Å²) < 4.78 is 7.71. The maximum Gasteiger partial charge on any atom is 0.410 e. The van der Waals surface area contributed by atoms with E-state index >= 15 is 0 Å². The van der Waals surface area contributed by atoms with E-state index in [2.05, 4.69) is 4.98 Å². The van der Waals surface area contributed by atoms with Crippen LogP contribution in [0.2, 0.25) is 0 Å². The molecule has 0 aliphatic carbocycles. The van der Waals surface area contributed by atoms with Crippen molar-refractivity contribution in [1.29, 1.82) is 0 Å². The highest BCUT2D eigenvalue weighted by atomic mass is 32.1. The first-order chi connectivity index (χ1) is 13.7. The number of imidazole rings is 1. The Balaban J connectivity index is 1.64. The van der Waals surface area contributed by atoms with Gasteiger partial charge in [0.2, 0.25) is 5.91 Å². The van der Waals surface area contributed by atoms with Crippen LogP contribution in [0.5, 0.6) is 0 Å². The Kier molecular flexibility index (Phi) is 6.12. The smallest absolute Gasteiger partial charge is 0.410 e. The maximum absolute atomic E-state index is 13.0. The molecule has 1 aliphatic rings. The second-order valence-corrected chi connectivity index (χ2v) is 8.60. The van der Waals surface area contributed by atoms with Gasteiger partial charge in [-0.05, 0) is 45.5 Å². The lowest BCUT2D eigenvalue weighted by atomic mass is 10.2. The Hall–Kier alpha value is -2.61. The molecule has 0 bridgehead atoms. The van der Waals surface area contributed by atoms with Crippen molar-refractivity contribution in [3.05, 3.63) is 41.3 Å². The molecule has 1 atom stereocenters. The molecule has 1 aliphatic heterocycles. The zero-order valence-corrected chi connectivity index (χ0v) is 18.2. The topological polar surface area (TPSA) is 70.6 Å². The number of rotatable bonds is 3. The average Bonchev–Trinajstić information content (AvgIpc) is 3.08. The molecule has 1 unspecified atom stereocenters. The number of H-pyrrole nitrogens is 1. The highest BCUT2D eigenvalue weighted by molar-refractivity contribution is 7.71. The molecule has 3 rings (SSSR count). The van der Waals surface area contributed by atoms with E-state index in [1.54, 1.807) is 14.4 Å². The van der Waals surface area contributed by atoms with Gasteiger partial charge in [0.1, 0.15) is 11.6 Å². The number of hydrogen-bond donors (Lipinski definition) is 1. The molecule has 2 amide bonds.